The molecule has 0 saturated carbocycles. The number of halogens is 1. The molecule has 0 aliphatic carbocycles. The summed E-state index contributed by atoms with van der Waals surface area (Å²) >= 11 is 6.08. The lowest BCUT2D eigenvalue weighted by Crippen LogP contribution is -2.53. The minimum absolute atomic E-state index is 0.118. The van der Waals surface area contributed by atoms with Crippen molar-refractivity contribution < 1.29 is 9.53 Å². The first-order chi connectivity index (χ1) is 8.58. The number of aryl methyl sites for hydroxylation is 1. The number of hydrogen-bond acceptors (Lipinski definition) is 3. The number of morpholine rings is 1. The van der Waals surface area contributed by atoms with Gasteiger partial charge in [0.05, 0.1) is 23.4 Å². The number of carbonyl (C=O) groups is 1. The van der Waals surface area contributed by atoms with E-state index in [2.05, 4.69) is 10.6 Å². The monoisotopic (exact) mass is 268 g/mol. The van der Waals surface area contributed by atoms with Gasteiger partial charge in [-0.2, -0.15) is 0 Å². The van der Waals surface area contributed by atoms with Gasteiger partial charge in [0.15, 0.2) is 0 Å². The van der Waals surface area contributed by atoms with Crippen molar-refractivity contribution in [2.75, 3.05) is 18.5 Å². The van der Waals surface area contributed by atoms with E-state index >= 15 is 0 Å². The Morgan fingerprint density at radius 3 is 3.00 bits per heavy atom. The molecule has 1 aromatic rings. The smallest absolute Gasteiger partial charge is 0.244 e. The summed E-state index contributed by atoms with van der Waals surface area (Å²) in [5, 5.41) is 6.51. The van der Waals surface area contributed by atoms with Crippen LogP contribution in [0.4, 0.5) is 5.69 Å². The first kappa shape index (κ1) is 13.3. The second-order valence-corrected chi connectivity index (χ2v) is 4.89. The Bertz CT molecular complexity index is 451. The Hall–Kier alpha value is -1.10. The second-order valence-electron chi connectivity index (χ2n) is 4.48. The van der Waals surface area contributed by atoms with E-state index in [4.69, 9.17) is 16.3 Å². The van der Waals surface area contributed by atoms with Gasteiger partial charge in [-0.25, -0.2) is 0 Å². The van der Waals surface area contributed by atoms with Crippen molar-refractivity contribution in [3.05, 3.63) is 28.8 Å². The van der Waals surface area contributed by atoms with Gasteiger partial charge < -0.3 is 15.4 Å². The van der Waals surface area contributed by atoms with Gasteiger partial charge in [0.2, 0.25) is 5.91 Å². The molecule has 0 radical (unpaired) electrons. The number of anilines is 1. The molecule has 1 heterocycles. The van der Waals surface area contributed by atoms with Gasteiger partial charge in [-0.15, -0.1) is 0 Å². The van der Waals surface area contributed by atoms with E-state index in [9.17, 15) is 4.79 Å². The van der Waals surface area contributed by atoms with Crippen molar-refractivity contribution in [3.8, 4) is 0 Å². The summed E-state index contributed by atoms with van der Waals surface area (Å²) in [5.74, 6) is -0.118. The summed E-state index contributed by atoms with van der Waals surface area (Å²) < 4.78 is 5.44. The molecule has 18 heavy (non-hydrogen) atoms. The SMILES string of the molecule is Cc1ccc(NC(=O)[C@H]2NCCO[C@@H]2C)c(Cl)c1. The molecular formula is C13H17ClN2O2. The van der Waals surface area contributed by atoms with Gasteiger partial charge >= 0.3 is 0 Å². The maximum Gasteiger partial charge on any atom is 0.244 e. The molecule has 2 N–H and O–H groups in total. The summed E-state index contributed by atoms with van der Waals surface area (Å²) in [5.41, 5.74) is 1.69. The summed E-state index contributed by atoms with van der Waals surface area (Å²) in [6, 6.07) is 5.21. The Kier molecular flexibility index (Phi) is 4.22. The third-order valence-electron chi connectivity index (χ3n) is 2.98. The highest BCUT2D eigenvalue weighted by atomic mass is 35.5. The number of hydrogen-bond donors (Lipinski definition) is 2. The Morgan fingerprint density at radius 1 is 1.56 bits per heavy atom. The topological polar surface area (TPSA) is 50.4 Å². The van der Waals surface area contributed by atoms with E-state index < -0.39 is 0 Å². The number of ether oxygens (including phenoxy) is 1. The fourth-order valence-corrected chi connectivity index (χ4v) is 2.24. The molecule has 0 spiro atoms. The van der Waals surface area contributed by atoms with Crippen molar-refractivity contribution in [2.45, 2.75) is 26.0 Å². The highest BCUT2D eigenvalue weighted by Gasteiger charge is 2.28. The summed E-state index contributed by atoms with van der Waals surface area (Å²) in [6.07, 6.45) is -0.136. The van der Waals surface area contributed by atoms with Crippen LogP contribution in [0.25, 0.3) is 0 Å². The molecular weight excluding hydrogens is 252 g/mol. The lowest BCUT2D eigenvalue weighted by atomic mass is 10.1. The van der Waals surface area contributed by atoms with Crippen LogP contribution in [0.3, 0.4) is 0 Å². The standard InChI is InChI=1S/C13H17ClN2O2/c1-8-3-4-11(10(14)7-8)16-13(17)12-9(2)18-6-5-15-12/h3-4,7,9,12,15H,5-6H2,1-2H3,(H,16,17)/t9-,12+/m1/s1. The van der Waals surface area contributed by atoms with Crippen LogP contribution in [0.5, 0.6) is 0 Å². The van der Waals surface area contributed by atoms with E-state index in [1.807, 2.05) is 32.0 Å². The lowest BCUT2D eigenvalue weighted by molar-refractivity contribution is -0.123. The Balaban J connectivity index is 2.06. The molecule has 1 aliphatic rings. The number of nitrogens with one attached hydrogen (secondary N) is 2. The molecule has 2 atom stereocenters. The van der Waals surface area contributed by atoms with Crippen LogP contribution in [0.1, 0.15) is 12.5 Å². The molecule has 4 nitrogen and oxygen atoms in total. The van der Waals surface area contributed by atoms with Crippen LogP contribution < -0.4 is 10.6 Å². The molecule has 1 aliphatic heterocycles. The summed E-state index contributed by atoms with van der Waals surface area (Å²) in [7, 11) is 0. The number of benzene rings is 1. The van der Waals surface area contributed by atoms with Gasteiger partial charge in [0, 0.05) is 6.54 Å². The minimum Gasteiger partial charge on any atom is -0.375 e. The summed E-state index contributed by atoms with van der Waals surface area (Å²) in [4.78, 5) is 12.1. The average molecular weight is 269 g/mol. The van der Waals surface area contributed by atoms with Crippen LogP contribution in [0, 0.1) is 6.92 Å². The molecule has 5 heteroatoms. The van der Waals surface area contributed by atoms with Gasteiger partial charge in [-0.05, 0) is 31.5 Å². The van der Waals surface area contributed by atoms with E-state index in [1.165, 1.54) is 0 Å². The average Bonchev–Trinajstić information content (AvgIpc) is 2.33. The van der Waals surface area contributed by atoms with Crippen molar-refractivity contribution >= 4 is 23.2 Å². The maximum absolute atomic E-state index is 12.1. The summed E-state index contributed by atoms with van der Waals surface area (Å²) in [6.45, 7) is 5.16. The van der Waals surface area contributed by atoms with Gasteiger partial charge in [-0.1, -0.05) is 17.7 Å². The van der Waals surface area contributed by atoms with E-state index in [0.717, 1.165) is 5.56 Å². The predicted octanol–water partition coefficient (Wildman–Crippen LogP) is 1.96. The molecule has 1 aromatic carbocycles. The van der Waals surface area contributed by atoms with Crippen LogP contribution in [-0.2, 0) is 9.53 Å². The molecule has 1 amide bonds. The second kappa shape index (κ2) is 5.69. The Morgan fingerprint density at radius 2 is 2.33 bits per heavy atom. The number of amides is 1. The first-order valence-corrected chi connectivity index (χ1v) is 6.38. The molecule has 0 bridgehead atoms. The number of rotatable bonds is 2. The molecule has 1 fully saturated rings. The van der Waals surface area contributed by atoms with Crippen LogP contribution in [0.2, 0.25) is 5.02 Å². The predicted molar refractivity (Wildman–Crippen MR) is 72.0 cm³/mol. The first-order valence-electron chi connectivity index (χ1n) is 6.00. The van der Waals surface area contributed by atoms with Crippen molar-refractivity contribution in [2.24, 2.45) is 0 Å². The van der Waals surface area contributed by atoms with E-state index in [1.54, 1.807) is 0 Å². The maximum atomic E-state index is 12.1. The molecule has 1 saturated heterocycles. The zero-order valence-electron chi connectivity index (χ0n) is 10.5. The number of carbonyl (C=O) groups excluding carboxylic acids is 1. The van der Waals surface area contributed by atoms with Gasteiger partial charge in [0.25, 0.3) is 0 Å². The van der Waals surface area contributed by atoms with E-state index in [-0.39, 0.29) is 18.1 Å². The molecule has 98 valence electrons. The van der Waals surface area contributed by atoms with Gasteiger partial charge in [-0.3, -0.25) is 4.79 Å². The Labute approximate surface area is 112 Å². The zero-order chi connectivity index (χ0) is 13.1. The molecule has 0 unspecified atom stereocenters. The normalized spacial score (nSPS) is 23.7. The van der Waals surface area contributed by atoms with Crippen molar-refractivity contribution in [3.63, 3.8) is 0 Å². The van der Waals surface area contributed by atoms with E-state index in [0.29, 0.717) is 23.9 Å². The van der Waals surface area contributed by atoms with Crippen LogP contribution in [0.15, 0.2) is 18.2 Å². The third-order valence-corrected chi connectivity index (χ3v) is 3.29. The molecule has 2 rings (SSSR count). The lowest BCUT2D eigenvalue weighted by Gasteiger charge is -2.29. The van der Waals surface area contributed by atoms with Crippen molar-refractivity contribution in [1.82, 2.24) is 5.32 Å². The van der Waals surface area contributed by atoms with Gasteiger partial charge in [0.1, 0.15) is 6.04 Å². The fraction of sp³-hybridized carbons (Fsp3) is 0.462. The van der Waals surface area contributed by atoms with Crippen molar-refractivity contribution in [1.29, 1.82) is 0 Å². The minimum atomic E-state index is -0.337. The molecule has 0 aromatic heterocycles. The van der Waals surface area contributed by atoms with Crippen LogP contribution in [-0.4, -0.2) is 31.2 Å². The fourth-order valence-electron chi connectivity index (χ4n) is 1.96. The third kappa shape index (κ3) is 3.02. The largest absolute Gasteiger partial charge is 0.375 e. The quantitative estimate of drug-likeness (QED) is 0.862. The van der Waals surface area contributed by atoms with Crippen LogP contribution >= 0.6 is 11.6 Å². The zero-order valence-corrected chi connectivity index (χ0v) is 11.3. The highest BCUT2D eigenvalue weighted by molar-refractivity contribution is 6.33. The highest BCUT2D eigenvalue weighted by Crippen LogP contribution is 2.23.